The van der Waals surface area contributed by atoms with E-state index in [1.807, 2.05) is 0 Å². The number of hydrogen-bond acceptors (Lipinski definition) is 0. The molecule has 0 spiro atoms. The van der Waals surface area contributed by atoms with E-state index in [0.717, 1.165) is 12.8 Å². The molecule has 0 amide bonds. The van der Waals surface area contributed by atoms with Crippen molar-refractivity contribution in [2.24, 2.45) is 0 Å². The molecule has 6 aromatic carbocycles. The van der Waals surface area contributed by atoms with E-state index in [-0.39, 0.29) is 24.8 Å². The summed E-state index contributed by atoms with van der Waals surface area (Å²) < 4.78 is 6.58. The number of allylic oxidation sites excluding steroid dienone is 2. The molecule has 334 valence electrons. The third-order valence-corrected chi connectivity index (χ3v) is 31.6. The third-order valence-electron chi connectivity index (χ3n) is 14.2. The molecule has 2 aliphatic rings. The quantitative estimate of drug-likeness (QED) is 0.107. The molecule has 0 nitrogen and oxygen atoms in total. The van der Waals surface area contributed by atoms with E-state index in [1.54, 1.807) is 22.3 Å². The van der Waals surface area contributed by atoms with Gasteiger partial charge in [-0.25, -0.2) is 0 Å². The fourth-order valence-corrected chi connectivity index (χ4v) is 31.8. The van der Waals surface area contributed by atoms with Gasteiger partial charge < -0.3 is 0 Å². The maximum atomic E-state index is 2.89. The van der Waals surface area contributed by atoms with Crippen molar-refractivity contribution in [1.82, 2.24) is 0 Å². The van der Waals surface area contributed by atoms with Crippen LogP contribution in [0.25, 0.3) is 56.7 Å². The summed E-state index contributed by atoms with van der Waals surface area (Å²) in [4.78, 5) is 0. The number of benzene rings is 6. The summed E-state index contributed by atoms with van der Waals surface area (Å²) in [5.74, 6) is 0. The predicted octanol–water partition coefficient (Wildman–Crippen LogP) is 18.0. The van der Waals surface area contributed by atoms with Crippen molar-refractivity contribution < 1.29 is 17.4 Å². The maximum Gasteiger partial charge on any atom is -0.147 e. The van der Waals surface area contributed by atoms with Crippen LogP contribution in [0.4, 0.5) is 0 Å². The van der Waals surface area contributed by atoms with Crippen molar-refractivity contribution in [2.45, 2.75) is 124 Å². The maximum absolute atomic E-state index is 4.22. The SMILES string of the molecule is CCCCC1=Cc2c(-c3cc(C)cc(C)c3)ccc(-c3cc(C)cc(C)c3)c2[CH]1[Zr]([CH3])([CH3])(=[SiH2])[CH]1C(CCCC)=Cc2c(-c3cc(C)cc(C)c3)ccc(-c3cc(C)cc(C)c3)c21.Cl.Cl. The van der Waals surface area contributed by atoms with E-state index in [1.165, 1.54) is 126 Å². The van der Waals surface area contributed by atoms with Crippen LogP contribution in [0.2, 0.25) is 9.26 Å². The molecule has 0 heterocycles. The van der Waals surface area contributed by atoms with Crippen molar-refractivity contribution in [2.75, 3.05) is 0 Å². The van der Waals surface area contributed by atoms with Crippen molar-refractivity contribution in [3.63, 3.8) is 0 Å². The van der Waals surface area contributed by atoms with Crippen LogP contribution in [0.3, 0.4) is 0 Å². The third kappa shape index (κ3) is 9.52. The number of fused-ring (bicyclic) bond motifs is 2. The average molecular weight is 983 g/mol. The van der Waals surface area contributed by atoms with Crippen LogP contribution >= 0.6 is 24.8 Å². The van der Waals surface area contributed by atoms with Gasteiger partial charge >= 0.3 is 380 Å². The van der Waals surface area contributed by atoms with Gasteiger partial charge in [-0.1, -0.05) is 0 Å². The van der Waals surface area contributed by atoms with Crippen LogP contribution in [-0.2, 0) is 17.4 Å². The molecule has 8 rings (SSSR count). The molecule has 2 aliphatic carbocycles. The molecule has 0 aromatic heterocycles. The van der Waals surface area contributed by atoms with E-state index in [9.17, 15) is 0 Å². The Morgan fingerprint density at radius 3 is 0.922 bits per heavy atom. The van der Waals surface area contributed by atoms with E-state index in [4.69, 9.17) is 0 Å². The fourth-order valence-electron chi connectivity index (χ4n) is 12.2. The van der Waals surface area contributed by atoms with Gasteiger partial charge in [0.05, 0.1) is 0 Å². The first-order valence-electron chi connectivity index (χ1n) is 23.6. The predicted molar refractivity (Wildman–Crippen MR) is 288 cm³/mol. The Bertz CT molecular complexity index is 2630. The van der Waals surface area contributed by atoms with Gasteiger partial charge in [-0.3, -0.25) is 0 Å². The number of hydrogen-bond donors (Lipinski definition) is 0. The van der Waals surface area contributed by atoms with Gasteiger partial charge in [-0.2, -0.15) is 0 Å². The molecular weight excluding hydrogens is 911 g/mol. The smallest absolute Gasteiger partial charge is 0.147 e. The van der Waals surface area contributed by atoms with Crippen molar-refractivity contribution >= 4 is 43.8 Å². The molecule has 0 saturated carbocycles. The zero-order valence-electron chi connectivity index (χ0n) is 40.8. The Kier molecular flexibility index (Phi) is 15.1. The molecule has 0 fully saturated rings. The normalized spacial score (nSPS) is 15.5. The van der Waals surface area contributed by atoms with E-state index < -0.39 is 17.4 Å². The Labute approximate surface area is 401 Å². The minimum Gasteiger partial charge on any atom is -0.147 e. The van der Waals surface area contributed by atoms with Crippen molar-refractivity contribution in [3.05, 3.63) is 175 Å². The van der Waals surface area contributed by atoms with Gasteiger partial charge in [-0.15, -0.1) is 24.8 Å². The average Bonchev–Trinajstić information content (AvgIpc) is 3.78. The topological polar surface area (TPSA) is 0 Å². The summed E-state index contributed by atoms with van der Waals surface area (Å²) in [6.45, 7) is 25.4. The minimum atomic E-state index is -4.22. The molecule has 0 radical (unpaired) electrons. The number of halogens is 2. The van der Waals surface area contributed by atoms with Crippen molar-refractivity contribution in [3.8, 4) is 44.5 Å². The monoisotopic (exact) mass is 980 g/mol. The molecule has 0 N–H and O–H groups in total. The molecule has 64 heavy (non-hydrogen) atoms. The molecule has 0 bridgehead atoms. The molecule has 2 unspecified atom stereocenters. The Balaban J connectivity index is 0.00000340. The molecule has 2 atom stereocenters. The Morgan fingerprint density at radius 2 is 0.656 bits per heavy atom. The first-order valence-corrected chi connectivity index (χ1v) is 37.3. The van der Waals surface area contributed by atoms with Gasteiger partial charge in [0.2, 0.25) is 0 Å². The second-order valence-corrected chi connectivity index (χ2v) is 51.4. The number of aryl methyl sites for hydroxylation is 8. The van der Waals surface area contributed by atoms with Gasteiger partial charge in [0, 0.05) is 0 Å². The summed E-state index contributed by atoms with van der Waals surface area (Å²) in [5.41, 5.74) is 31.4. The first-order chi connectivity index (χ1) is 29.4. The Morgan fingerprint density at radius 1 is 0.406 bits per heavy atom. The number of unbranched alkanes of at least 4 members (excludes halogenated alkanes) is 2. The van der Waals surface area contributed by atoms with Gasteiger partial charge in [0.25, 0.3) is 0 Å². The van der Waals surface area contributed by atoms with Crippen LogP contribution in [0.1, 0.15) is 126 Å². The van der Waals surface area contributed by atoms with E-state index >= 15 is 0 Å². The van der Waals surface area contributed by atoms with Crippen molar-refractivity contribution in [1.29, 1.82) is 0 Å². The van der Waals surface area contributed by atoms with Crippen LogP contribution in [0.15, 0.2) is 108 Å². The van der Waals surface area contributed by atoms with Crippen LogP contribution in [0, 0.1) is 55.4 Å². The Hall–Kier alpha value is -3.52. The second kappa shape index (κ2) is 19.4. The number of rotatable bonds is 12. The molecule has 0 aliphatic heterocycles. The first kappa shape index (κ1) is 49.9. The summed E-state index contributed by atoms with van der Waals surface area (Å²) in [5, 5.41) is 0. The van der Waals surface area contributed by atoms with Crippen LogP contribution < -0.4 is 0 Å². The molecule has 6 aromatic rings. The van der Waals surface area contributed by atoms with Gasteiger partial charge in [0.15, 0.2) is 0 Å². The van der Waals surface area contributed by atoms with Gasteiger partial charge in [-0.05, 0) is 0 Å². The second-order valence-electron chi connectivity index (χ2n) is 20.9. The van der Waals surface area contributed by atoms with Gasteiger partial charge in [0.1, 0.15) is 0 Å². The zero-order valence-corrected chi connectivity index (χ0v) is 46.3. The summed E-state index contributed by atoms with van der Waals surface area (Å²) in [7, 11) is 0. The standard InChI is InChI=1S/2C29H31.2CH3.2ClH.H2Si.Zr/c2*1-6-7-8-23-17-28-26(24-13-19(2)11-20(3)14-24)9-10-27(29(28)18-23)25-15-21(4)12-22(5)16-25;;;;;;/h2*9-18H,6-8H2,1-5H3;2*1H3;2*1H;1H2;. The summed E-state index contributed by atoms with van der Waals surface area (Å²) in [6, 6.07) is 38.8. The summed E-state index contributed by atoms with van der Waals surface area (Å²) >= 11 is -4.22. The molecule has 4 heteroatoms. The molecular formula is C60H72Cl2SiZr. The summed E-state index contributed by atoms with van der Waals surface area (Å²) in [6.07, 6.45) is 12.6. The largest absolute Gasteiger partial charge is 0.147 e. The molecule has 0 saturated heterocycles. The minimum absolute atomic E-state index is 0. The van der Waals surface area contributed by atoms with E-state index in [0.29, 0.717) is 7.25 Å². The zero-order chi connectivity index (χ0) is 44.3. The van der Waals surface area contributed by atoms with E-state index in [2.05, 4.69) is 195 Å². The van der Waals surface area contributed by atoms with Crippen LogP contribution in [0.5, 0.6) is 0 Å². The fraction of sp³-hybridized carbons (Fsp3) is 0.333. The van der Waals surface area contributed by atoms with Crippen LogP contribution in [-0.4, -0.2) is 6.88 Å².